The van der Waals surface area contributed by atoms with Crippen LogP contribution in [0.15, 0.2) is 34.9 Å². The second-order valence-corrected chi connectivity index (χ2v) is 5.45. The summed E-state index contributed by atoms with van der Waals surface area (Å²) < 4.78 is 5.03. The highest BCUT2D eigenvalue weighted by Gasteiger charge is 2.20. The highest BCUT2D eigenvalue weighted by atomic mass is 16.4. The number of aromatic carboxylic acids is 1. The lowest BCUT2D eigenvalue weighted by atomic mass is 10.0. The predicted molar refractivity (Wildman–Crippen MR) is 84.6 cm³/mol. The van der Waals surface area contributed by atoms with Crippen LogP contribution in [0, 0.1) is 13.8 Å². The monoisotopic (exact) mass is 312 g/mol. The zero-order chi connectivity index (χ0) is 16.6. The lowest BCUT2D eigenvalue weighted by Crippen LogP contribution is -2.23. The number of hydrogen-bond donors (Lipinski definition) is 3. The predicted octanol–water partition coefficient (Wildman–Crippen LogP) is 3.01. The Bertz CT molecular complexity index is 891. The van der Waals surface area contributed by atoms with Crippen molar-refractivity contribution in [2.75, 3.05) is 0 Å². The summed E-state index contributed by atoms with van der Waals surface area (Å²) in [6, 6.07) is 7.06. The second kappa shape index (κ2) is 5.64. The molecule has 0 saturated carbocycles. The fourth-order valence-electron chi connectivity index (χ4n) is 2.82. The Balaban J connectivity index is 2.00. The average molecular weight is 312 g/mol. The number of carboxylic acids is 1. The first kappa shape index (κ1) is 14.9. The molecule has 0 fully saturated rings. The van der Waals surface area contributed by atoms with E-state index in [-0.39, 0.29) is 23.9 Å². The summed E-state index contributed by atoms with van der Waals surface area (Å²) in [4.78, 5) is 26.4. The molecule has 118 valence electrons. The number of carboxylic acid groups (broad SMARTS) is 1. The van der Waals surface area contributed by atoms with E-state index in [2.05, 4.69) is 10.3 Å². The molecule has 0 radical (unpaired) electrons. The number of benzene rings is 1. The smallest absolute Gasteiger partial charge is 0.352 e. The van der Waals surface area contributed by atoms with E-state index in [1.54, 1.807) is 12.1 Å². The van der Waals surface area contributed by atoms with E-state index in [0.717, 1.165) is 22.0 Å². The van der Waals surface area contributed by atoms with Gasteiger partial charge in [-0.1, -0.05) is 6.07 Å². The number of nitrogens with one attached hydrogen (secondary N) is 2. The Morgan fingerprint density at radius 3 is 2.74 bits per heavy atom. The molecular weight excluding hydrogens is 296 g/mol. The van der Waals surface area contributed by atoms with E-state index in [0.29, 0.717) is 5.56 Å². The molecule has 0 atom stereocenters. The largest absolute Gasteiger partial charge is 0.477 e. The van der Waals surface area contributed by atoms with E-state index >= 15 is 0 Å². The first-order chi connectivity index (χ1) is 11.0. The Hall–Kier alpha value is -3.02. The molecule has 0 saturated heterocycles. The molecule has 0 aliphatic rings. The summed E-state index contributed by atoms with van der Waals surface area (Å²) >= 11 is 0. The molecule has 1 amide bonds. The SMILES string of the molecule is Cc1cc(C)c2c(CNC(=O)c3ccco3)c(C(=O)O)[nH]c2c1. The standard InChI is InChI=1S/C17H16N2O4/c1-9-6-10(2)14-11(15(17(21)22)19-12(14)7-9)8-18-16(20)13-4-3-5-23-13/h3-7,19H,8H2,1-2H3,(H,18,20)(H,21,22). The maximum atomic E-state index is 12.0. The van der Waals surface area contributed by atoms with E-state index in [1.165, 1.54) is 6.26 Å². The molecule has 3 rings (SSSR count). The van der Waals surface area contributed by atoms with Gasteiger partial charge in [-0.15, -0.1) is 0 Å². The van der Waals surface area contributed by atoms with E-state index in [1.807, 2.05) is 26.0 Å². The molecule has 6 heteroatoms. The van der Waals surface area contributed by atoms with Crippen LogP contribution in [0.4, 0.5) is 0 Å². The summed E-state index contributed by atoms with van der Waals surface area (Å²) in [5.41, 5.74) is 3.41. The fourth-order valence-corrected chi connectivity index (χ4v) is 2.82. The Morgan fingerprint density at radius 2 is 2.09 bits per heavy atom. The molecule has 0 unspecified atom stereocenters. The van der Waals surface area contributed by atoms with Gasteiger partial charge in [-0.25, -0.2) is 4.79 Å². The zero-order valence-corrected chi connectivity index (χ0v) is 12.8. The lowest BCUT2D eigenvalue weighted by Gasteiger charge is -2.06. The summed E-state index contributed by atoms with van der Waals surface area (Å²) in [5, 5.41) is 12.9. The van der Waals surface area contributed by atoms with Crippen molar-refractivity contribution in [1.29, 1.82) is 0 Å². The minimum atomic E-state index is -1.06. The fraction of sp³-hybridized carbons (Fsp3) is 0.176. The third kappa shape index (κ3) is 2.70. The van der Waals surface area contributed by atoms with Crippen LogP contribution in [0.5, 0.6) is 0 Å². The molecular formula is C17H16N2O4. The third-order valence-corrected chi connectivity index (χ3v) is 3.73. The lowest BCUT2D eigenvalue weighted by molar-refractivity contribution is 0.0689. The summed E-state index contributed by atoms with van der Waals surface area (Å²) in [6.45, 7) is 3.98. The minimum absolute atomic E-state index is 0.0912. The van der Waals surface area contributed by atoms with Crippen molar-refractivity contribution in [3.63, 3.8) is 0 Å². The zero-order valence-electron chi connectivity index (χ0n) is 12.8. The number of rotatable bonds is 4. The molecule has 23 heavy (non-hydrogen) atoms. The molecule has 0 bridgehead atoms. The van der Waals surface area contributed by atoms with Crippen molar-refractivity contribution in [2.24, 2.45) is 0 Å². The summed E-state index contributed by atoms with van der Waals surface area (Å²) in [5.74, 6) is -1.25. The highest BCUT2D eigenvalue weighted by Crippen LogP contribution is 2.27. The molecule has 6 nitrogen and oxygen atoms in total. The van der Waals surface area contributed by atoms with Crippen LogP contribution in [0.2, 0.25) is 0 Å². The van der Waals surface area contributed by atoms with E-state index < -0.39 is 5.97 Å². The topological polar surface area (TPSA) is 95.3 Å². The number of aromatic amines is 1. The molecule has 0 aliphatic carbocycles. The second-order valence-electron chi connectivity index (χ2n) is 5.45. The van der Waals surface area contributed by atoms with Crippen molar-refractivity contribution in [1.82, 2.24) is 10.3 Å². The van der Waals surface area contributed by atoms with Gasteiger partial charge in [-0.05, 0) is 43.2 Å². The Kier molecular flexibility index (Phi) is 3.65. The van der Waals surface area contributed by atoms with Crippen molar-refractivity contribution >= 4 is 22.8 Å². The van der Waals surface area contributed by atoms with Gasteiger partial charge in [0, 0.05) is 23.0 Å². The summed E-state index contributed by atoms with van der Waals surface area (Å²) in [7, 11) is 0. The number of aromatic nitrogens is 1. The Labute approximate surface area is 132 Å². The third-order valence-electron chi connectivity index (χ3n) is 3.73. The van der Waals surface area contributed by atoms with E-state index in [4.69, 9.17) is 4.42 Å². The van der Waals surface area contributed by atoms with Crippen LogP contribution in [-0.2, 0) is 6.54 Å². The van der Waals surface area contributed by atoms with E-state index in [9.17, 15) is 14.7 Å². The maximum absolute atomic E-state index is 12.0. The number of H-pyrrole nitrogens is 1. The molecule has 0 spiro atoms. The van der Waals surface area contributed by atoms with Crippen molar-refractivity contribution in [2.45, 2.75) is 20.4 Å². The normalized spacial score (nSPS) is 10.9. The number of fused-ring (bicyclic) bond motifs is 1. The van der Waals surface area contributed by atoms with Crippen LogP contribution < -0.4 is 5.32 Å². The van der Waals surface area contributed by atoms with Crippen LogP contribution in [-0.4, -0.2) is 22.0 Å². The number of amides is 1. The molecule has 0 aliphatic heterocycles. The van der Waals surface area contributed by atoms with Crippen molar-refractivity contribution < 1.29 is 19.1 Å². The number of aryl methyl sites for hydroxylation is 2. The average Bonchev–Trinajstić information content (AvgIpc) is 3.11. The minimum Gasteiger partial charge on any atom is -0.477 e. The molecule has 2 heterocycles. The van der Waals surface area contributed by atoms with Crippen LogP contribution in [0.25, 0.3) is 10.9 Å². The molecule has 2 aromatic heterocycles. The van der Waals surface area contributed by atoms with Crippen LogP contribution >= 0.6 is 0 Å². The van der Waals surface area contributed by atoms with Gasteiger partial charge in [0.15, 0.2) is 5.76 Å². The number of carbonyl (C=O) groups is 2. The van der Waals surface area contributed by atoms with Crippen molar-refractivity contribution in [3.8, 4) is 0 Å². The quantitative estimate of drug-likeness (QED) is 0.690. The van der Waals surface area contributed by atoms with Gasteiger partial charge in [-0.3, -0.25) is 4.79 Å². The Morgan fingerprint density at radius 1 is 1.30 bits per heavy atom. The first-order valence-electron chi connectivity index (χ1n) is 7.14. The van der Waals surface area contributed by atoms with Crippen molar-refractivity contribution in [3.05, 3.63) is 58.7 Å². The molecule has 3 N–H and O–H groups in total. The van der Waals surface area contributed by atoms with Gasteiger partial charge < -0.3 is 19.8 Å². The van der Waals surface area contributed by atoms with Gasteiger partial charge >= 0.3 is 5.97 Å². The van der Waals surface area contributed by atoms with Gasteiger partial charge in [-0.2, -0.15) is 0 Å². The van der Waals surface area contributed by atoms with Crippen LogP contribution in [0.1, 0.15) is 37.7 Å². The number of furan rings is 1. The van der Waals surface area contributed by atoms with Gasteiger partial charge in [0.2, 0.25) is 0 Å². The molecule has 3 aromatic rings. The van der Waals surface area contributed by atoms with Gasteiger partial charge in [0.25, 0.3) is 5.91 Å². The highest BCUT2D eigenvalue weighted by molar-refractivity contribution is 5.99. The number of hydrogen-bond acceptors (Lipinski definition) is 3. The molecule has 1 aromatic carbocycles. The number of carbonyl (C=O) groups excluding carboxylic acids is 1. The van der Waals surface area contributed by atoms with Crippen LogP contribution in [0.3, 0.4) is 0 Å². The van der Waals surface area contributed by atoms with Gasteiger partial charge in [0.05, 0.1) is 6.26 Å². The van der Waals surface area contributed by atoms with Gasteiger partial charge in [0.1, 0.15) is 5.69 Å². The maximum Gasteiger partial charge on any atom is 0.352 e. The summed E-state index contributed by atoms with van der Waals surface area (Å²) in [6.07, 6.45) is 1.41. The first-order valence-corrected chi connectivity index (χ1v) is 7.14.